The van der Waals surface area contributed by atoms with Crippen molar-refractivity contribution in [1.82, 2.24) is 0 Å². The van der Waals surface area contributed by atoms with Crippen LogP contribution in [0.1, 0.15) is 13.3 Å². The lowest BCUT2D eigenvalue weighted by molar-refractivity contribution is 1.06. The minimum Gasteiger partial charge on any atom is -0.167 e. The first-order valence-electron chi connectivity index (χ1n) is 2.03. The average Bonchev–Trinajstić information content (AvgIpc) is 2.12. The Kier molecular flexibility index (Phi) is 0.957. The molecule has 1 saturated heterocycles. The molecule has 0 aromatic rings. The van der Waals surface area contributed by atoms with E-state index >= 15 is 0 Å². The SMILES string of the molecule is CCC1[B]P1. The Morgan fingerprint density at radius 2 is 2.60 bits per heavy atom. The quantitative estimate of drug-likeness (QED) is 0.329. The van der Waals surface area contributed by atoms with Crippen LogP contribution < -0.4 is 0 Å². The Bertz CT molecular complexity index is 33.9. The largest absolute Gasteiger partial charge is 0.167 e. The lowest BCUT2D eigenvalue weighted by Gasteiger charge is -1.73. The normalized spacial score (nSPS) is 37.4. The van der Waals surface area contributed by atoms with Crippen molar-refractivity contribution in [3.05, 3.63) is 0 Å². The first-order chi connectivity index (χ1) is 2.43. The minimum absolute atomic E-state index is 1.04. The summed E-state index contributed by atoms with van der Waals surface area (Å²) in [5.41, 5.74) is 1.04. The van der Waals surface area contributed by atoms with Crippen molar-refractivity contribution in [2.24, 2.45) is 0 Å². The molecule has 1 fully saturated rings. The summed E-state index contributed by atoms with van der Waals surface area (Å²) in [7, 11) is 1.20. The van der Waals surface area contributed by atoms with E-state index in [1.807, 2.05) is 0 Å². The first-order valence-corrected chi connectivity index (χ1v) is 3.18. The number of hydrogen-bond donors (Lipinski definition) is 0. The van der Waals surface area contributed by atoms with Gasteiger partial charge in [-0.25, -0.2) is 0 Å². The van der Waals surface area contributed by atoms with Gasteiger partial charge in [0.15, 0.2) is 0 Å². The van der Waals surface area contributed by atoms with E-state index in [1.165, 1.54) is 14.9 Å². The maximum atomic E-state index is 2.38. The van der Waals surface area contributed by atoms with Crippen LogP contribution in [0.5, 0.6) is 0 Å². The fraction of sp³-hybridized carbons (Fsp3) is 1.00. The van der Waals surface area contributed by atoms with Crippen LogP contribution >= 0.6 is 8.46 Å². The molecule has 2 atom stereocenters. The lowest BCUT2D eigenvalue weighted by Crippen LogP contribution is -1.73. The highest BCUT2D eigenvalue weighted by molar-refractivity contribution is 7.88. The van der Waals surface area contributed by atoms with Crippen molar-refractivity contribution in [1.29, 1.82) is 0 Å². The van der Waals surface area contributed by atoms with Crippen molar-refractivity contribution in [3.63, 3.8) is 0 Å². The van der Waals surface area contributed by atoms with E-state index in [4.69, 9.17) is 0 Å². The molecule has 0 nitrogen and oxygen atoms in total. The molecule has 1 aliphatic rings. The maximum Gasteiger partial charge on any atom is 0.149 e. The van der Waals surface area contributed by atoms with Crippen LogP contribution in [-0.4, -0.2) is 12.6 Å². The van der Waals surface area contributed by atoms with Crippen LogP contribution in [0.25, 0.3) is 0 Å². The van der Waals surface area contributed by atoms with Crippen LogP contribution in [0.4, 0.5) is 0 Å². The van der Waals surface area contributed by atoms with E-state index in [0.717, 1.165) is 5.56 Å². The summed E-state index contributed by atoms with van der Waals surface area (Å²) in [6, 6.07) is 0. The smallest absolute Gasteiger partial charge is 0.149 e. The highest BCUT2D eigenvalue weighted by Crippen LogP contribution is 2.36. The molecule has 0 aromatic carbocycles. The van der Waals surface area contributed by atoms with Gasteiger partial charge in [-0.15, -0.1) is 0 Å². The third kappa shape index (κ3) is 0.927. The molecule has 1 rings (SSSR count). The Balaban J connectivity index is 2.00. The minimum atomic E-state index is 1.04. The molecular formula is C3H7BP. The highest BCUT2D eigenvalue weighted by Gasteiger charge is 2.19. The van der Waals surface area contributed by atoms with Gasteiger partial charge in [0, 0.05) is 0 Å². The van der Waals surface area contributed by atoms with Gasteiger partial charge in [-0.3, -0.25) is 0 Å². The van der Waals surface area contributed by atoms with Gasteiger partial charge in [-0.1, -0.05) is 18.9 Å². The third-order valence-corrected chi connectivity index (χ3v) is 2.06. The van der Waals surface area contributed by atoms with E-state index in [1.54, 1.807) is 0 Å². The van der Waals surface area contributed by atoms with Crippen LogP contribution in [-0.2, 0) is 0 Å². The molecule has 0 bridgehead atoms. The molecule has 0 saturated carbocycles. The summed E-state index contributed by atoms with van der Waals surface area (Å²) in [5.74, 6) is 0. The molecular weight excluding hydrogens is 77.8 g/mol. The van der Waals surface area contributed by atoms with Crippen molar-refractivity contribution in [2.75, 3.05) is 0 Å². The molecule has 2 unspecified atom stereocenters. The summed E-state index contributed by atoms with van der Waals surface area (Å²) >= 11 is 0. The molecule has 1 radical (unpaired) electrons. The van der Waals surface area contributed by atoms with Gasteiger partial charge in [-0.2, -0.15) is 8.46 Å². The summed E-state index contributed by atoms with van der Waals surface area (Å²) in [6.07, 6.45) is 1.37. The molecule has 0 N–H and O–H groups in total. The molecule has 5 heavy (non-hydrogen) atoms. The van der Waals surface area contributed by atoms with Gasteiger partial charge < -0.3 is 0 Å². The van der Waals surface area contributed by atoms with Crippen molar-refractivity contribution in [2.45, 2.75) is 18.9 Å². The second-order valence-corrected chi connectivity index (χ2v) is 2.76. The average molecular weight is 84.9 g/mol. The molecule has 1 aliphatic heterocycles. The van der Waals surface area contributed by atoms with E-state index in [9.17, 15) is 0 Å². The van der Waals surface area contributed by atoms with Crippen molar-refractivity contribution < 1.29 is 0 Å². The van der Waals surface area contributed by atoms with Crippen molar-refractivity contribution >= 4 is 15.5 Å². The van der Waals surface area contributed by atoms with E-state index in [-0.39, 0.29) is 0 Å². The van der Waals surface area contributed by atoms with E-state index < -0.39 is 0 Å². The Morgan fingerprint density at radius 1 is 2.00 bits per heavy atom. The van der Waals surface area contributed by atoms with E-state index in [2.05, 4.69) is 13.9 Å². The third-order valence-electron chi connectivity index (χ3n) is 0.842. The summed E-state index contributed by atoms with van der Waals surface area (Å²) in [5, 5.41) is 0. The second kappa shape index (κ2) is 1.30. The van der Waals surface area contributed by atoms with Crippen LogP contribution in [0.3, 0.4) is 0 Å². The summed E-state index contributed by atoms with van der Waals surface area (Å²) < 4.78 is 0. The van der Waals surface area contributed by atoms with Crippen LogP contribution in [0.2, 0.25) is 0 Å². The van der Waals surface area contributed by atoms with Crippen molar-refractivity contribution in [3.8, 4) is 0 Å². The molecule has 0 spiro atoms. The van der Waals surface area contributed by atoms with Gasteiger partial charge >= 0.3 is 0 Å². The predicted octanol–water partition coefficient (Wildman–Crippen LogP) is 1.03. The number of rotatable bonds is 1. The monoisotopic (exact) mass is 85.0 g/mol. The van der Waals surface area contributed by atoms with Crippen LogP contribution in [0, 0.1) is 0 Å². The van der Waals surface area contributed by atoms with Gasteiger partial charge in [0.1, 0.15) is 7.00 Å². The Labute approximate surface area is 35.3 Å². The Morgan fingerprint density at radius 3 is 2.60 bits per heavy atom. The standard InChI is InChI=1S/C3H7BP/c1-2-3-4-5-3/h3,5H,2H2,1H3. The molecule has 27 valence electrons. The fourth-order valence-corrected chi connectivity index (χ4v) is 0.911. The second-order valence-electron chi connectivity index (χ2n) is 1.35. The highest BCUT2D eigenvalue weighted by atomic mass is 31.1. The molecule has 1 heterocycles. The zero-order chi connectivity index (χ0) is 3.70. The van der Waals surface area contributed by atoms with E-state index in [0.29, 0.717) is 0 Å². The fourth-order valence-electron chi connectivity index (χ4n) is 0.304. The number of hydrogen-bond acceptors (Lipinski definition) is 0. The summed E-state index contributed by atoms with van der Waals surface area (Å²) in [6.45, 7) is 4.61. The zero-order valence-electron chi connectivity index (χ0n) is 3.36. The lowest BCUT2D eigenvalue weighted by atomic mass is 10.0. The van der Waals surface area contributed by atoms with Gasteiger partial charge in [0.25, 0.3) is 0 Å². The predicted molar refractivity (Wildman–Crippen MR) is 28.1 cm³/mol. The topological polar surface area (TPSA) is 0 Å². The molecule has 0 aromatic heterocycles. The Hall–Kier alpha value is 0.495. The summed E-state index contributed by atoms with van der Waals surface area (Å²) in [4.78, 5) is 0. The first kappa shape index (κ1) is 3.68. The molecule has 2 heteroatoms. The van der Waals surface area contributed by atoms with Crippen LogP contribution in [0.15, 0.2) is 0 Å². The molecule has 0 amide bonds. The molecule has 0 aliphatic carbocycles. The van der Waals surface area contributed by atoms with Gasteiger partial charge in [0.05, 0.1) is 0 Å². The van der Waals surface area contributed by atoms with Gasteiger partial charge in [-0.05, 0) is 0 Å². The maximum absolute atomic E-state index is 2.38. The zero-order valence-corrected chi connectivity index (χ0v) is 4.36. The van der Waals surface area contributed by atoms with Gasteiger partial charge in [0.2, 0.25) is 0 Å².